The number of amides is 1. The minimum absolute atomic E-state index is 0.0106. The average molecular weight is 332 g/mol. The molecule has 1 aliphatic rings. The molecule has 1 fully saturated rings. The second-order valence-electron chi connectivity index (χ2n) is 5.29. The molecule has 21 heavy (non-hydrogen) atoms. The van der Waals surface area contributed by atoms with Crippen LogP contribution < -0.4 is 0 Å². The standard InChI is InChI=1S/C14H18ClNO4S/c1-9-6-11(7-13(10(9)2)21(15,18)19)14(17)16(3)12-4-5-20-8-12/h6-7,12H,4-5,8H2,1-3H3. The van der Waals surface area contributed by atoms with Crippen molar-refractivity contribution in [2.24, 2.45) is 0 Å². The van der Waals surface area contributed by atoms with Crippen LogP contribution in [-0.4, -0.2) is 45.5 Å². The summed E-state index contributed by atoms with van der Waals surface area (Å²) in [5.41, 5.74) is 1.61. The summed E-state index contributed by atoms with van der Waals surface area (Å²) >= 11 is 0. The van der Waals surface area contributed by atoms with E-state index < -0.39 is 9.05 Å². The second-order valence-corrected chi connectivity index (χ2v) is 7.82. The van der Waals surface area contributed by atoms with Crippen molar-refractivity contribution in [3.8, 4) is 0 Å². The minimum Gasteiger partial charge on any atom is -0.379 e. The highest BCUT2D eigenvalue weighted by molar-refractivity contribution is 8.13. The molecule has 1 aliphatic heterocycles. The molecule has 1 amide bonds. The van der Waals surface area contributed by atoms with Gasteiger partial charge in [-0.3, -0.25) is 4.79 Å². The van der Waals surface area contributed by atoms with Gasteiger partial charge in [-0.1, -0.05) is 0 Å². The van der Waals surface area contributed by atoms with E-state index in [4.69, 9.17) is 15.4 Å². The number of aryl methyl sites for hydroxylation is 1. The van der Waals surface area contributed by atoms with E-state index in [1.807, 2.05) is 0 Å². The highest BCUT2D eigenvalue weighted by atomic mass is 35.7. The van der Waals surface area contributed by atoms with Crippen molar-refractivity contribution in [1.82, 2.24) is 4.90 Å². The van der Waals surface area contributed by atoms with Crippen molar-refractivity contribution in [2.45, 2.75) is 31.2 Å². The summed E-state index contributed by atoms with van der Waals surface area (Å²) in [6, 6.07) is 3.06. The fourth-order valence-electron chi connectivity index (χ4n) is 2.40. The summed E-state index contributed by atoms with van der Waals surface area (Å²) in [4.78, 5) is 14.1. The number of carbonyl (C=O) groups excluding carboxylic acids is 1. The third-order valence-electron chi connectivity index (χ3n) is 3.90. The van der Waals surface area contributed by atoms with Gasteiger partial charge in [-0.05, 0) is 43.5 Å². The van der Waals surface area contributed by atoms with Crippen molar-refractivity contribution in [2.75, 3.05) is 20.3 Å². The van der Waals surface area contributed by atoms with Gasteiger partial charge in [0.25, 0.3) is 15.0 Å². The van der Waals surface area contributed by atoms with E-state index in [1.54, 1.807) is 31.9 Å². The molecule has 0 spiro atoms. The summed E-state index contributed by atoms with van der Waals surface area (Å²) in [6.07, 6.45) is 0.785. The SMILES string of the molecule is Cc1cc(C(=O)N(C)C2CCOC2)cc(S(=O)(=O)Cl)c1C. The van der Waals surface area contributed by atoms with E-state index in [0.29, 0.717) is 24.3 Å². The summed E-state index contributed by atoms with van der Waals surface area (Å²) in [5, 5.41) is 0. The van der Waals surface area contributed by atoms with Crippen LogP contribution in [0.2, 0.25) is 0 Å². The van der Waals surface area contributed by atoms with E-state index in [-0.39, 0.29) is 16.8 Å². The van der Waals surface area contributed by atoms with Gasteiger partial charge < -0.3 is 9.64 Å². The number of hydrogen-bond acceptors (Lipinski definition) is 4. The van der Waals surface area contributed by atoms with Crippen LogP contribution in [0.5, 0.6) is 0 Å². The van der Waals surface area contributed by atoms with E-state index in [1.165, 1.54) is 6.07 Å². The van der Waals surface area contributed by atoms with E-state index in [2.05, 4.69) is 0 Å². The first-order chi connectivity index (χ1) is 9.71. The first-order valence-electron chi connectivity index (χ1n) is 6.62. The molecule has 1 aromatic carbocycles. The maximum Gasteiger partial charge on any atom is 0.261 e. The first kappa shape index (κ1) is 16.3. The first-order valence-corrected chi connectivity index (χ1v) is 8.93. The molecule has 1 unspecified atom stereocenters. The number of halogens is 1. The van der Waals surface area contributed by atoms with Crippen LogP contribution >= 0.6 is 10.7 Å². The molecular formula is C14H18ClNO4S. The van der Waals surface area contributed by atoms with Gasteiger partial charge in [0.05, 0.1) is 17.5 Å². The van der Waals surface area contributed by atoms with Crippen molar-refractivity contribution < 1.29 is 17.9 Å². The molecule has 116 valence electrons. The van der Waals surface area contributed by atoms with Gasteiger partial charge in [-0.15, -0.1) is 0 Å². The zero-order chi connectivity index (χ0) is 15.8. The average Bonchev–Trinajstić information content (AvgIpc) is 2.92. The number of hydrogen-bond donors (Lipinski definition) is 0. The van der Waals surface area contributed by atoms with E-state index >= 15 is 0 Å². The molecule has 0 radical (unpaired) electrons. The van der Waals surface area contributed by atoms with Gasteiger partial charge in [-0.2, -0.15) is 0 Å². The summed E-state index contributed by atoms with van der Waals surface area (Å²) in [6.45, 7) is 4.58. The Labute approximate surface area is 129 Å². The molecule has 1 saturated heterocycles. The fraction of sp³-hybridized carbons (Fsp3) is 0.500. The number of ether oxygens (including phenoxy) is 1. The predicted molar refractivity (Wildman–Crippen MR) is 80.3 cm³/mol. The Bertz CT molecular complexity index is 666. The van der Waals surface area contributed by atoms with Gasteiger partial charge in [0.2, 0.25) is 0 Å². The zero-order valence-electron chi connectivity index (χ0n) is 12.2. The Morgan fingerprint density at radius 1 is 1.38 bits per heavy atom. The molecule has 0 bridgehead atoms. The maximum atomic E-state index is 12.5. The Hall–Kier alpha value is -1.11. The quantitative estimate of drug-likeness (QED) is 0.796. The highest BCUT2D eigenvalue weighted by Crippen LogP contribution is 2.25. The van der Waals surface area contributed by atoms with Crippen molar-refractivity contribution in [1.29, 1.82) is 0 Å². The van der Waals surface area contributed by atoms with Gasteiger partial charge in [0.1, 0.15) is 0 Å². The van der Waals surface area contributed by atoms with Crippen LogP contribution in [0.25, 0.3) is 0 Å². The van der Waals surface area contributed by atoms with Crippen LogP contribution in [0, 0.1) is 13.8 Å². The Morgan fingerprint density at radius 3 is 2.57 bits per heavy atom. The molecule has 1 heterocycles. The van der Waals surface area contributed by atoms with Crippen LogP contribution in [0.4, 0.5) is 0 Å². The van der Waals surface area contributed by atoms with Gasteiger partial charge in [0, 0.05) is 29.9 Å². The molecule has 7 heteroatoms. The molecular weight excluding hydrogens is 314 g/mol. The molecule has 1 aromatic rings. The van der Waals surface area contributed by atoms with Crippen molar-refractivity contribution in [3.63, 3.8) is 0 Å². The smallest absolute Gasteiger partial charge is 0.261 e. The summed E-state index contributed by atoms with van der Waals surface area (Å²) in [7, 11) is 3.27. The zero-order valence-corrected chi connectivity index (χ0v) is 13.8. The lowest BCUT2D eigenvalue weighted by molar-refractivity contribution is 0.0711. The highest BCUT2D eigenvalue weighted by Gasteiger charge is 2.26. The van der Waals surface area contributed by atoms with Crippen molar-refractivity contribution >= 4 is 25.6 Å². The monoisotopic (exact) mass is 331 g/mol. The van der Waals surface area contributed by atoms with Crippen LogP contribution in [-0.2, 0) is 13.8 Å². The van der Waals surface area contributed by atoms with E-state index in [9.17, 15) is 13.2 Å². The normalized spacial score (nSPS) is 18.8. The third kappa shape index (κ3) is 3.39. The fourth-order valence-corrected chi connectivity index (χ4v) is 3.68. The largest absolute Gasteiger partial charge is 0.379 e. The van der Waals surface area contributed by atoms with Crippen LogP contribution in [0.1, 0.15) is 27.9 Å². The topological polar surface area (TPSA) is 63.7 Å². The number of likely N-dealkylation sites (N-methyl/N-ethyl adjacent to an activating group) is 1. The molecule has 5 nitrogen and oxygen atoms in total. The molecule has 2 rings (SSSR count). The predicted octanol–water partition coefficient (Wildman–Crippen LogP) is 2.09. The van der Waals surface area contributed by atoms with E-state index in [0.717, 1.165) is 12.0 Å². The second kappa shape index (κ2) is 5.94. The Kier molecular flexibility index (Phi) is 4.60. The molecule has 0 saturated carbocycles. The van der Waals surface area contributed by atoms with Gasteiger partial charge in [0.15, 0.2) is 0 Å². The number of benzene rings is 1. The summed E-state index contributed by atoms with van der Waals surface area (Å²) in [5.74, 6) is -0.227. The van der Waals surface area contributed by atoms with Gasteiger partial charge >= 0.3 is 0 Å². The van der Waals surface area contributed by atoms with Crippen LogP contribution in [0.15, 0.2) is 17.0 Å². The lowest BCUT2D eigenvalue weighted by Crippen LogP contribution is -2.37. The summed E-state index contributed by atoms with van der Waals surface area (Å²) < 4.78 is 28.5. The number of nitrogens with zero attached hydrogens (tertiary/aromatic N) is 1. The Morgan fingerprint density at radius 2 is 2.05 bits per heavy atom. The lowest BCUT2D eigenvalue weighted by Gasteiger charge is -2.23. The maximum absolute atomic E-state index is 12.5. The number of rotatable bonds is 3. The molecule has 0 N–H and O–H groups in total. The lowest BCUT2D eigenvalue weighted by atomic mass is 10.0. The minimum atomic E-state index is -3.88. The number of carbonyl (C=O) groups is 1. The van der Waals surface area contributed by atoms with Gasteiger partial charge in [-0.25, -0.2) is 8.42 Å². The molecule has 0 aliphatic carbocycles. The van der Waals surface area contributed by atoms with Crippen molar-refractivity contribution in [3.05, 3.63) is 28.8 Å². The molecule has 0 aromatic heterocycles. The van der Waals surface area contributed by atoms with Crippen LogP contribution in [0.3, 0.4) is 0 Å². The Balaban J connectivity index is 2.40. The third-order valence-corrected chi connectivity index (χ3v) is 5.35. The molecule has 1 atom stereocenters.